The van der Waals surface area contributed by atoms with Gasteiger partial charge in [-0.15, -0.1) is 22.6 Å². The normalized spacial score (nSPS) is 12.5. The molecule has 2 N–H and O–H groups in total. The van der Waals surface area contributed by atoms with Gasteiger partial charge < -0.3 is 20.4 Å². The molecule has 1 aromatic carbocycles. The van der Waals surface area contributed by atoms with E-state index in [1.807, 2.05) is 38.0 Å². The van der Waals surface area contributed by atoms with Crippen molar-refractivity contribution < 1.29 is 9.59 Å². The summed E-state index contributed by atoms with van der Waals surface area (Å²) in [5.41, 5.74) is 1.40. The third-order valence-corrected chi connectivity index (χ3v) is 4.55. The van der Waals surface area contributed by atoms with E-state index in [9.17, 15) is 9.59 Å². The van der Waals surface area contributed by atoms with Gasteiger partial charge in [0.05, 0.1) is 11.1 Å². The van der Waals surface area contributed by atoms with Crippen LogP contribution in [0.25, 0.3) is 0 Å². The van der Waals surface area contributed by atoms with Crippen LogP contribution in [-0.4, -0.2) is 85.9 Å². The van der Waals surface area contributed by atoms with E-state index in [-0.39, 0.29) is 24.0 Å². The Labute approximate surface area is 177 Å². The van der Waals surface area contributed by atoms with Gasteiger partial charge >= 0.3 is 0 Å². The molecular formula is C20H27ClN6O2. The lowest BCUT2D eigenvalue weighted by atomic mass is 9.84. The second-order valence-electron chi connectivity index (χ2n) is 7.31. The minimum Gasteiger partial charge on any atom is -0.367 e. The Morgan fingerprint density at radius 2 is 1.14 bits per heavy atom. The van der Waals surface area contributed by atoms with E-state index in [1.165, 1.54) is 0 Å². The molecule has 0 spiro atoms. The van der Waals surface area contributed by atoms with E-state index in [2.05, 4.69) is 20.8 Å². The van der Waals surface area contributed by atoms with E-state index in [1.54, 1.807) is 24.3 Å². The molecule has 0 saturated heterocycles. The average Bonchev–Trinajstić information content (AvgIpc) is 2.66. The molecule has 0 unspecified atom stereocenters. The first-order chi connectivity index (χ1) is 13.4. The Bertz CT molecular complexity index is 829. The number of carbonyl (C=O) groups excluding carboxylic acids is 2. The summed E-state index contributed by atoms with van der Waals surface area (Å²) >= 11 is 0. The zero-order valence-corrected chi connectivity index (χ0v) is 18.0. The van der Waals surface area contributed by atoms with E-state index in [0.717, 1.165) is 13.1 Å². The fourth-order valence-corrected chi connectivity index (χ4v) is 3.07. The fourth-order valence-electron chi connectivity index (χ4n) is 3.07. The van der Waals surface area contributed by atoms with Crippen molar-refractivity contribution in [3.05, 3.63) is 46.5 Å². The van der Waals surface area contributed by atoms with Gasteiger partial charge in [0.2, 0.25) is 0 Å². The van der Waals surface area contributed by atoms with Gasteiger partial charge in [0.15, 0.2) is 23.2 Å². The van der Waals surface area contributed by atoms with Crippen molar-refractivity contribution >= 4 is 35.6 Å². The van der Waals surface area contributed by atoms with Crippen molar-refractivity contribution in [2.75, 3.05) is 65.0 Å². The first kappa shape index (κ1) is 22.7. The summed E-state index contributed by atoms with van der Waals surface area (Å²) in [5, 5.41) is 14.8. The molecule has 8 nitrogen and oxygen atoms in total. The molecule has 0 bridgehead atoms. The molecule has 3 rings (SSSR count). The second kappa shape index (κ2) is 9.78. The standard InChI is InChI=1S/C20H26N6O2.ClH/c1-25(2)11-9-21-19-15-16(20(24-23-19)22-10-12-26(3)4)18(28)14-8-6-5-7-13(14)17(15)27;/h5-8H,9-12H2,1-4H3,(H,21,23)(H,22,24);1H. The van der Waals surface area contributed by atoms with Crippen molar-refractivity contribution in [2.24, 2.45) is 0 Å². The van der Waals surface area contributed by atoms with Crippen molar-refractivity contribution in [1.82, 2.24) is 20.0 Å². The van der Waals surface area contributed by atoms with Gasteiger partial charge in [-0.25, -0.2) is 0 Å². The molecule has 0 fully saturated rings. The maximum absolute atomic E-state index is 13.2. The number of nitrogens with zero attached hydrogens (tertiary/aromatic N) is 4. The lowest BCUT2D eigenvalue weighted by molar-refractivity contribution is 0.0979. The van der Waals surface area contributed by atoms with Crippen LogP contribution in [0.2, 0.25) is 0 Å². The Morgan fingerprint density at radius 3 is 1.48 bits per heavy atom. The van der Waals surface area contributed by atoms with Gasteiger partial charge in [-0.3, -0.25) is 9.59 Å². The van der Waals surface area contributed by atoms with Crippen LogP contribution >= 0.6 is 12.4 Å². The number of anilines is 2. The highest BCUT2D eigenvalue weighted by molar-refractivity contribution is 6.31. The highest BCUT2D eigenvalue weighted by Gasteiger charge is 2.35. The number of likely N-dealkylation sites (N-methyl/N-ethyl adjacent to an activating group) is 2. The molecule has 0 aliphatic heterocycles. The Kier molecular flexibility index (Phi) is 7.66. The second-order valence-corrected chi connectivity index (χ2v) is 7.31. The largest absolute Gasteiger partial charge is 0.367 e. The van der Waals surface area contributed by atoms with Crippen LogP contribution < -0.4 is 10.6 Å². The zero-order valence-electron chi connectivity index (χ0n) is 17.2. The van der Waals surface area contributed by atoms with Crippen molar-refractivity contribution in [1.29, 1.82) is 0 Å². The van der Waals surface area contributed by atoms with E-state index in [4.69, 9.17) is 0 Å². The molecule has 1 aliphatic rings. The first-order valence-electron chi connectivity index (χ1n) is 9.26. The minimum atomic E-state index is -0.205. The predicted molar refractivity (Wildman–Crippen MR) is 117 cm³/mol. The Morgan fingerprint density at radius 1 is 0.759 bits per heavy atom. The third kappa shape index (κ3) is 4.90. The minimum absolute atomic E-state index is 0. The van der Waals surface area contributed by atoms with Gasteiger partial charge in [0, 0.05) is 37.3 Å². The lowest BCUT2D eigenvalue weighted by Gasteiger charge is -2.22. The number of nitrogens with one attached hydrogen (secondary N) is 2. The van der Waals surface area contributed by atoms with E-state index < -0.39 is 0 Å². The van der Waals surface area contributed by atoms with Crippen LogP contribution in [0.4, 0.5) is 11.6 Å². The smallest absolute Gasteiger partial charge is 0.198 e. The van der Waals surface area contributed by atoms with Crippen LogP contribution in [0, 0.1) is 0 Å². The summed E-state index contributed by atoms with van der Waals surface area (Å²) in [6, 6.07) is 6.89. The summed E-state index contributed by atoms with van der Waals surface area (Å²) in [7, 11) is 7.86. The van der Waals surface area contributed by atoms with E-state index in [0.29, 0.717) is 47.0 Å². The number of rotatable bonds is 8. The quantitative estimate of drug-likeness (QED) is 0.570. The average molecular weight is 419 g/mol. The molecule has 0 radical (unpaired) electrons. The molecular weight excluding hydrogens is 392 g/mol. The monoisotopic (exact) mass is 418 g/mol. The highest BCUT2D eigenvalue weighted by Crippen LogP contribution is 2.33. The Balaban J connectivity index is 0.00000300. The number of fused-ring (bicyclic) bond motifs is 2. The molecule has 1 heterocycles. The molecule has 29 heavy (non-hydrogen) atoms. The third-order valence-electron chi connectivity index (χ3n) is 4.55. The van der Waals surface area contributed by atoms with Crippen molar-refractivity contribution in [3.63, 3.8) is 0 Å². The van der Waals surface area contributed by atoms with Gasteiger partial charge in [-0.05, 0) is 28.2 Å². The SMILES string of the molecule is CN(C)CCNc1nnc(NCCN(C)C)c2c1C(=O)c1ccccc1C2=O.Cl. The van der Waals surface area contributed by atoms with Gasteiger partial charge in [0.25, 0.3) is 0 Å². The summed E-state index contributed by atoms with van der Waals surface area (Å²) < 4.78 is 0. The molecule has 156 valence electrons. The number of carbonyl (C=O) groups is 2. The van der Waals surface area contributed by atoms with Crippen LogP contribution in [0.3, 0.4) is 0 Å². The molecule has 9 heteroatoms. The zero-order chi connectivity index (χ0) is 20.3. The topological polar surface area (TPSA) is 90.5 Å². The molecule has 1 aromatic heterocycles. The van der Waals surface area contributed by atoms with Gasteiger partial charge in [0.1, 0.15) is 0 Å². The number of ketones is 2. The summed E-state index contributed by atoms with van der Waals surface area (Å²) in [6.07, 6.45) is 0. The fraction of sp³-hybridized carbons (Fsp3) is 0.400. The molecule has 1 aliphatic carbocycles. The van der Waals surface area contributed by atoms with Crippen LogP contribution in [0.1, 0.15) is 31.8 Å². The summed E-state index contributed by atoms with van der Waals surface area (Å²) in [6.45, 7) is 2.70. The number of aromatic nitrogens is 2. The number of halogens is 1. The summed E-state index contributed by atoms with van der Waals surface area (Å²) in [5.74, 6) is 0.289. The molecule has 0 atom stereocenters. The van der Waals surface area contributed by atoms with Crippen LogP contribution in [0.5, 0.6) is 0 Å². The molecule has 2 aromatic rings. The Hall–Kier alpha value is -2.55. The number of hydrogen-bond donors (Lipinski definition) is 2. The molecule has 0 saturated carbocycles. The number of hydrogen-bond acceptors (Lipinski definition) is 8. The van der Waals surface area contributed by atoms with Crippen molar-refractivity contribution in [2.45, 2.75) is 0 Å². The lowest BCUT2D eigenvalue weighted by Crippen LogP contribution is -2.29. The maximum atomic E-state index is 13.2. The van der Waals surface area contributed by atoms with Gasteiger partial charge in [-0.2, -0.15) is 0 Å². The predicted octanol–water partition coefficient (Wildman–Crippen LogP) is 1.62. The first-order valence-corrected chi connectivity index (χ1v) is 9.26. The van der Waals surface area contributed by atoms with Crippen LogP contribution in [-0.2, 0) is 0 Å². The van der Waals surface area contributed by atoms with Crippen molar-refractivity contribution in [3.8, 4) is 0 Å². The maximum Gasteiger partial charge on any atom is 0.198 e. The summed E-state index contributed by atoms with van der Waals surface area (Å²) in [4.78, 5) is 30.4. The van der Waals surface area contributed by atoms with Gasteiger partial charge in [-0.1, -0.05) is 24.3 Å². The van der Waals surface area contributed by atoms with Crippen LogP contribution in [0.15, 0.2) is 24.3 Å². The van der Waals surface area contributed by atoms with E-state index >= 15 is 0 Å². The highest BCUT2D eigenvalue weighted by atomic mass is 35.5. The number of benzene rings is 1. The molecule has 0 amide bonds.